The lowest BCUT2D eigenvalue weighted by Gasteiger charge is -2.08. The Morgan fingerprint density at radius 2 is 1.62 bits per heavy atom. The van der Waals surface area contributed by atoms with Gasteiger partial charge in [0.15, 0.2) is 0 Å². The van der Waals surface area contributed by atoms with Crippen molar-refractivity contribution in [1.29, 1.82) is 0 Å². The third kappa shape index (κ3) is 1.31. The smallest absolute Gasteiger partial charge is 0.148 e. The minimum Gasteiger partial charge on any atom is -0.283 e. The van der Waals surface area contributed by atoms with Crippen LogP contribution in [-0.4, -0.2) is 19.4 Å². The van der Waals surface area contributed by atoms with Crippen molar-refractivity contribution in [3.05, 3.63) is 61.2 Å². The molecule has 0 aliphatic carbocycles. The van der Waals surface area contributed by atoms with Gasteiger partial charge in [-0.2, -0.15) is 0 Å². The number of pyridine rings is 3. The van der Waals surface area contributed by atoms with Crippen LogP contribution in [-0.2, 0) is 0 Å². The van der Waals surface area contributed by atoms with Crippen LogP contribution < -0.4 is 0 Å². The van der Waals surface area contributed by atoms with Crippen molar-refractivity contribution in [3.63, 3.8) is 0 Å². The van der Waals surface area contributed by atoms with Gasteiger partial charge in [-0.3, -0.25) is 9.38 Å². The maximum atomic E-state index is 4.67. The second-order valence-corrected chi connectivity index (χ2v) is 5.06. The van der Waals surface area contributed by atoms with Crippen molar-refractivity contribution in [2.45, 2.75) is 0 Å². The maximum absolute atomic E-state index is 4.67. The molecule has 0 unspecified atom stereocenters. The Hall–Kier alpha value is -3.01. The summed E-state index contributed by atoms with van der Waals surface area (Å²) in [6.07, 6.45) is 7.48. The quantitative estimate of drug-likeness (QED) is 0.404. The summed E-state index contributed by atoms with van der Waals surface area (Å²) in [5.74, 6) is 0. The Morgan fingerprint density at radius 3 is 2.62 bits per heavy atom. The molecule has 4 nitrogen and oxygen atoms in total. The van der Waals surface area contributed by atoms with Gasteiger partial charge >= 0.3 is 0 Å². The molecule has 4 heteroatoms. The zero-order valence-electron chi connectivity index (χ0n) is 11.1. The van der Waals surface area contributed by atoms with Gasteiger partial charge in [-0.25, -0.2) is 9.97 Å². The van der Waals surface area contributed by atoms with E-state index in [1.165, 1.54) is 5.39 Å². The van der Waals surface area contributed by atoms with Crippen LogP contribution in [0.5, 0.6) is 0 Å². The number of hydrogen-bond acceptors (Lipinski definition) is 3. The van der Waals surface area contributed by atoms with E-state index in [1.54, 1.807) is 6.20 Å². The van der Waals surface area contributed by atoms with Crippen molar-refractivity contribution >= 4 is 38.4 Å². The fraction of sp³-hybridized carbons (Fsp3) is 0. The van der Waals surface area contributed by atoms with E-state index in [1.807, 2.05) is 35.1 Å². The topological polar surface area (TPSA) is 43.1 Å². The van der Waals surface area contributed by atoms with E-state index in [4.69, 9.17) is 0 Å². The largest absolute Gasteiger partial charge is 0.283 e. The first-order valence-corrected chi connectivity index (χ1v) is 6.81. The van der Waals surface area contributed by atoms with Crippen LogP contribution in [0.2, 0.25) is 0 Å². The lowest BCUT2D eigenvalue weighted by atomic mass is 10.1. The third-order valence-corrected chi connectivity index (χ3v) is 3.93. The van der Waals surface area contributed by atoms with Gasteiger partial charge in [0, 0.05) is 35.6 Å². The van der Waals surface area contributed by atoms with Gasteiger partial charge < -0.3 is 0 Å². The zero-order valence-corrected chi connectivity index (χ0v) is 11.1. The van der Waals surface area contributed by atoms with Gasteiger partial charge in [0.2, 0.25) is 0 Å². The predicted molar refractivity (Wildman–Crippen MR) is 83.3 cm³/mol. The van der Waals surface area contributed by atoms with Gasteiger partial charge in [0.05, 0.1) is 10.9 Å². The Labute approximate surface area is 119 Å². The van der Waals surface area contributed by atoms with Gasteiger partial charge in [-0.05, 0) is 17.5 Å². The maximum Gasteiger partial charge on any atom is 0.148 e. The summed E-state index contributed by atoms with van der Waals surface area (Å²) in [4.78, 5) is 13.7. The molecule has 0 saturated heterocycles. The summed E-state index contributed by atoms with van der Waals surface area (Å²) in [6, 6.07) is 12.3. The van der Waals surface area contributed by atoms with Crippen molar-refractivity contribution in [2.75, 3.05) is 0 Å². The highest BCUT2D eigenvalue weighted by Crippen LogP contribution is 2.31. The van der Waals surface area contributed by atoms with E-state index in [0.717, 1.165) is 33.0 Å². The van der Waals surface area contributed by atoms with Crippen LogP contribution in [0.1, 0.15) is 0 Å². The first kappa shape index (κ1) is 10.7. The van der Waals surface area contributed by atoms with Crippen LogP contribution in [0.4, 0.5) is 0 Å². The number of hydrogen-bond donors (Lipinski definition) is 0. The van der Waals surface area contributed by atoms with Gasteiger partial charge in [0.1, 0.15) is 11.3 Å². The van der Waals surface area contributed by atoms with Crippen molar-refractivity contribution in [1.82, 2.24) is 19.4 Å². The average Bonchev–Trinajstić information content (AvgIpc) is 3.04. The molecule has 0 N–H and O–H groups in total. The second kappa shape index (κ2) is 3.76. The molecule has 4 heterocycles. The first-order chi connectivity index (χ1) is 10.4. The number of aromatic nitrogens is 4. The number of rotatable bonds is 0. The number of imidazole rings is 1. The summed E-state index contributed by atoms with van der Waals surface area (Å²) < 4.78 is 2.03. The van der Waals surface area contributed by atoms with E-state index in [-0.39, 0.29) is 0 Å². The second-order valence-electron chi connectivity index (χ2n) is 5.06. The number of benzene rings is 1. The summed E-state index contributed by atoms with van der Waals surface area (Å²) >= 11 is 0. The summed E-state index contributed by atoms with van der Waals surface area (Å²) in [5.41, 5.74) is 2.75. The highest BCUT2D eigenvalue weighted by atomic mass is 15.0. The van der Waals surface area contributed by atoms with Crippen LogP contribution >= 0.6 is 0 Å². The average molecular weight is 270 g/mol. The standard InChI is InChI=1S/C17H10N4/c1-2-5-12-11(4-1)10-20-15-13-6-3-7-18-16(13)21-9-8-19-17(21)14(12)15/h1-10H. The van der Waals surface area contributed by atoms with Crippen molar-refractivity contribution in [2.24, 2.45) is 0 Å². The molecule has 0 atom stereocenters. The number of fused-ring (bicyclic) bond motifs is 8. The molecule has 0 amide bonds. The molecule has 5 rings (SSSR count). The fourth-order valence-electron chi connectivity index (χ4n) is 3.03. The molecule has 0 bridgehead atoms. The highest BCUT2D eigenvalue weighted by molar-refractivity contribution is 6.19. The lowest BCUT2D eigenvalue weighted by molar-refractivity contribution is 1.20. The minimum atomic E-state index is 0.889. The predicted octanol–water partition coefficient (Wildman–Crippen LogP) is 3.58. The summed E-state index contributed by atoms with van der Waals surface area (Å²) in [7, 11) is 0. The lowest BCUT2D eigenvalue weighted by Crippen LogP contribution is -1.95. The Balaban J connectivity index is 2.24. The molecular formula is C17H10N4. The molecule has 0 aliphatic rings. The molecule has 5 aromatic rings. The van der Waals surface area contributed by atoms with E-state index < -0.39 is 0 Å². The molecule has 4 aromatic heterocycles. The molecular weight excluding hydrogens is 260 g/mol. The first-order valence-electron chi connectivity index (χ1n) is 6.81. The van der Waals surface area contributed by atoms with Crippen molar-refractivity contribution < 1.29 is 0 Å². The van der Waals surface area contributed by atoms with E-state index >= 15 is 0 Å². The number of nitrogens with zero attached hydrogens (tertiary/aromatic N) is 4. The minimum absolute atomic E-state index is 0.889. The normalized spacial score (nSPS) is 11.8. The van der Waals surface area contributed by atoms with Gasteiger partial charge in [-0.15, -0.1) is 0 Å². The Bertz CT molecular complexity index is 1130. The van der Waals surface area contributed by atoms with Gasteiger partial charge in [-0.1, -0.05) is 24.3 Å². The van der Waals surface area contributed by atoms with E-state index in [9.17, 15) is 0 Å². The Kier molecular flexibility index (Phi) is 1.92. The molecule has 0 aliphatic heterocycles. The van der Waals surface area contributed by atoms with Crippen LogP contribution in [0.25, 0.3) is 38.4 Å². The monoisotopic (exact) mass is 270 g/mol. The molecule has 0 spiro atoms. The molecule has 0 radical (unpaired) electrons. The third-order valence-electron chi connectivity index (χ3n) is 3.93. The summed E-state index contributed by atoms with van der Waals surface area (Å²) in [5, 5.41) is 4.42. The fourth-order valence-corrected chi connectivity index (χ4v) is 3.03. The van der Waals surface area contributed by atoms with Crippen LogP contribution in [0.15, 0.2) is 61.2 Å². The molecule has 0 saturated carbocycles. The zero-order chi connectivity index (χ0) is 13.8. The molecule has 98 valence electrons. The molecule has 1 aromatic carbocycles. The van der Waals surface area contributed by atoms with E-state index in [2.05, 4.69) is 39.2 Å². The van der Waals surface area contributed by atoms with E-state index in [0.29, 0.717) is 0 Å². The molecule has 21 heavy (non-hydrogen) atoms. The van der Waals surface area contributed by atoms with Gasteiger partial charge in [0.25, 0.3) is 0 Å². The highest BCUT2D eigenvalue weighted by Gasteiger charge is 2.13. The van der Waals surface area contributed by atoms with Crippen LogP contribution in [0, 0.1) is 0 Å². The SMILES string of the molecule is c1ccc2c(c1)cnc1c3cccnc3n3ccnc3c21. The van der Waals surface area contributed by atoms with Crippen molar-refractivity contribution in [3.8, 4) is 0 Å². The summed E-state index contributed by atoms with van der Waals surface area (Å²) in [6.45, 7) is 0. The Morgan fingerprint density at radius 1 is 0.762 bits per heavy atom. The van der Waals surface area contributed by atoms with Crippen LogP contribution in [0.3, 0.4) is 0 Å². The molecule has 0 fully saturated rings.